The first-order chi connectivity index (χ1) is 31.0. The highest BCUT2D eigenvalue weighted by atomic mass is 31.2. The molecule has 0 bridgehead atoms. The van der Waals surface area contributed by atoms with Crippen LogP contribution in [-0.4, -0.2) is 74.9 Å². The van der Waals surface area contributed by atoms with Crippen LogP contribution < -0.4 is 0 Å². The number of phosphoric ester groups is 1. The van der Waals surface area contributed by atoms with Gasteiger partial charge in [0.15, 0.2) is 6.10 Å². The lowest BCUT2D eigenvalue weighted by Crippen LogP contribution is -2.37. The summed E-state index contributed by atoms with van der Waals surface area (Å²) in [6, 6.07) is 0. The Balaban J connectivity index is 4.14. The van der Waals surface area contributed by atoms with Gasteiger partial charge in [0.25, 0.3) is 0 Å². The fraction of sp³-hybridized carbons (Fsp3) is 0.963. The number of hydrogen-bond acceptors (Lipinski definition) is 7. The molecule has 382 valence electrons. The largest absolute Gasteiger partial charge is 0.472 e. The summed E-state index contributed by atoms with van der Waals surface area (Å²) < 4.78 is 34.5. The average molecular weight is 931 g/mol. The summed E-state index contributed by atoms with van der Waals surface area (Å²) in [5, 5.41) is 0. The van der Waals surface area contributed by atoms with Crippen LogP contribution in [-0.2, 0) is 32.7 Å². The lowest BCUT2D eigenvalue weighted by atomic mass is 10.0. The molecule has 0 aliphatic carbocycles. The molecule has 0 aromatic carbocycles. The predicted octanol–water partition coefficient (Wildman–Crippen LogP) is 16.7. The third kappa shape index (κ3) is 50.4. The van der Waals surface area contributed by atoms with Crippen LogP contribution in [0.15, 0.2) is 0 Å². The van der Waals surface area contributed by atoms with Crippen molar-refractivity contribution in [2.45, 2.75) is 290 Å². The molecule has 0 aliphatic rings. The van der Waals surface area contributed by atoms with Crippen molar-refractivity contribution in [1.82, 2.24) is 0 Å². The number of carbonyl (C=O) groups excluding carboxylic acids is 2. The van der Waals surface area contributed by atoms with Crippen LogP contribution in [0.5, 0.6) is 0 Å². The summed E-state index contributed by atoms with van der Waals surface area (Å²) in [6.45, 7) is 4.50. The molecule has 0 saturated carbocycles. The molecule has 9 nitrogen and oxygen atoms in total. The van der Waals surface area contributed by atoms with Gasteiger partial charge in [0.2, 0.25) is 0 Å². The molecule has 0 amide bonds. The Kier molecular flexibility index (Phi) is 46.4. The summed E-state index contributed by atoms with van der Waals surface area (Å²) in [7, 11) is 1.50. The molecule has 0 fully saturated rings. The molecule has 0 aromatic heterocycles. The van der Waals surface area contributed by atoms with Gasteiger partial charge < -0.3 is 18.9 Å². The summed E-state index contributed by atoms with van der Waals surface area (Å²) in [5.41, 5.74) is 0. The summed E-state index contributed by atoms with van der Waals surface area (Å²) >= 11 is 0. The van der Waals surface area contributed by atoms with E-state index in [4.69, 9.17) is 18.5 Å². The van der Waals surface area contributed by atoms with Crippen LogP contribution in [0, 0.1) is 0 Å². The fourth-order valence-electron chi connectivity index (χ4n) is 8.31. The maximum atomic E-state index is 12.8. The Morgan fingerprint density at radius 2 is 0.703 bits per heavy atom. The van der Waals surface area contributed by atoms with Crippen LogP contribution in [0.4, 0.5) is 0 Å². The molecule has 0 rings (SSSR count). The number of ether oxygens (including phenoxy) is 2. The minimum Gasteiger partial charge on any atom is -0.462 e. The van der Waals surface area contributed by atoms with Gasteiger partial charge in [-0.05, 0) is 12.8 Å². The number of rotatable bonds is 52. The molecule has 2 unspecified atom stereocenters. The number of esters is 2. The molecule has 2 atom stereocenters. The molecule has 0 heterocycles. The molecule has 1 N–H and O–H groups in total. The van der Waals surface area contributed by atoms with Crippen molar-refractivity contribution in [2.75, 3.05) is 47.5 Å². The van der Waals surface area contributed by atoms with Gasteiger partial charge in [-0.15, -0.1) is 0 Å². The van der Waals surface area contributed by atoms with Crippen molar-refractivity contribution < 1.29 is 42.1 Å². The topological polar surface area (TPSA) is 108 Å². The minimum absolute atomic E-state index is 0.0373. The SMILES string of the molecule is CCCCCCCCCCCCCCCCCCCCCCCC(=O)OCC(COP(=O)(O)OCC[N+](C)(C)C)OC(=O)CCCCCCCCCCCCCCCCCCCCC. The van der Waals surface area contributed by atoms with Crippen LogP contribution in [0.25, 0.3) is 0 Å². The summed E-state index contributed by atoms with van der Waals surface area (Å²) in [5.74, 6) is -0.774. The van der Waals surface area contributed by atoms with Gasteiger partial charge in [-0.3, -0.25) is 18.6 Å². The van der Waals surface area contributed by atoms with Gasteiger partial charge in [-0.2, -0.15) is 0 Å². The maximum Gasteiger partial charge on any atom is 0.472 e. The van der Waals surface area contributed by atoms with Crippen molar-refractivity contribution in [3.63, 3.8) is 0 Å². The Bertz CT molecular complexity index is 1050. The smallest absolute Gasteiger partial charge is 0.462 e. The molecule has 0 aliphatic heterocycles. The minimum atomic E-state index is -4.37. The van der Waals surface area contributed by atoms with E-state index in [2.05, 4.69) is 13.8 Å². The summed E-state index contributed by atoms with van der Waals surface area (Å²) in [4.78, 5) is 35.6. The molecule has 64 heavy (non-hydrogen) atoms. The Hall–Kier alpha value is -0.990. The Morgan fingerprint density at radius 3 is 1.00 bits per heavy atom. The van der Waals surface area contributed by atoms with E-state index in [1.807, 2.05) is 21.1 Å². The first-order valence-corrected chi connectivity index (χ1v) is 29.3. The van der Waals surface area contributed by atoms with Gasteiger partial charge in [-0.1, -0.05) is 258 Å². The highest BCUT2D eigenvalue weighted by Crippen LogP contribution is 2.43. The Morgan fingerprint density at radius 1 is 0.422 bits per heavy atom. The number of likely N-dealkylation sites (N-methyl/N-ethyl adjacent to an activating group) is 1. The molecule has 0 saturated heterocycles. The second-order valence-corrected chi connectivity index (χ2v) is 21.8. The van der Waals surface area contributed by atoms with Gasteiger partial charge in [-0.25, -0.2) is 4.57 Å². The first kappa shape index (κ1) is 63.0. The number of phosphoric acid groups is 1. The average Bonchev–Trinajstić information content (AvgIpc) is 3.25. The lowest BCUT2D eigenvalue weighted by molar-refractivity contribution is -0.870. The highest BCUT2D eigenvalue weighted by Gasteiger charge is 2.27. The van der Waals surface area contributed by atoms with E-state index in [1.54, 1.807) is 0 Å². The van der Waals surface area contributed by atoms with Crippen molar-refractivity contribution in [3.8, 4) is 0 Å². The maximum absolute atomic E-state index is 12.8. The van der Waals surface area contributed by atoms with Crippen LogP contribution in [0.3, 0.4) is 0 Å². The zero-order chi connectivity index (χ0) is 47.1. The number of nitrogens with zero attached hydrogens (tertiary/aromatic N) is 1. The fourth-order valence-corrected chi connectivity index (χ4v) is 9.05. The Labute approximate surface area is 397 Å². The zero-order valence-corrected chi connectivity index (χ0v) is 44.2. The van der Waals surface area contributed by atoms with Gasteiger partial charge in [0, 0.05) is 12.8 Å². The van der Waals surface area contributed by atoms with E-state index in [1.165, 1.54) is 218 Å². The third-order valence-corrected chi connectivity index (χ3v) is 13.6. The van der Waals surface area contributed by atoms with Crippen LogP contribution in [0.1, 0.15) is 284 Å². The van der Waals surface area contributed by atoms with Gasteiger partial charge in [0.1, 0.15) is 19.8 Å². The zero-order valence-electron chi connectivity index (χ0n) is 43.3. The third-order valence-electron chi connectivity index (χ3n) is 12.6. The molecule has 10 heteroatoms. The normalized spacial score (nSPS) is 13.3. The number of quaternary nitrogens is 1. The van der Waals surface area contributed by atoms with E-state index in [0.29, 0.717) is 17.4 Å². The van der Waals surface area contributed by atoms with Crippen molar-refractivity contribution in [3.05, 3.63) is 0 Å². The molecular formula is C54H109NO8P+. The van der Waals surface area contributed by atoms with Gasteiger partial charge in [0.05, 0.1) is 27.7 Å². The van der Waals surface area contributed by atoms with E-state index < -0.39 is 26.5 Å². The summed E-state index contributed by atoms with van der Waals surface area (Å²) in [6.07, 6.45) is 51.6. The number of unbranched alkanes of at least 4 members (excludes halogenated alkanes) is 38. The highest BCUT2D eigenvalue weighted by molar-refractivity contribution is 7.47. The number of hydrogen-bond donors (Lipinski definition) is 1. The quantitative estimate of drug-likeness (QED) is 0.0278. The molecule has 0 spiro atoms. The second-order valence-electron chi connectivity index (χ2n) is 20.3. The standard InChI is InChI=1S/C54H108NO8P/c1-6-8-10-12-14-16-18-20-22-24-26-27-29-30-32-34-36-38-40-42-44-46-53(56)60-50-52(51-62-64(58,59)61-49-48-55(3,4)5)63-54(57)47-45-43-41-39-37-35-33-31-28-25-23-21-19-17-15-13-11-9-7-2/h52H,6-51H2,1-5H3/p+1. The molecule has 0 radical (unpaired) electrons. The van der Waals surface area contributed by atoms with Crippen molar-refractivity contribution in [2.24, 2.45) is 0 Å². The first-order valence-electron chi connectivity index (χ1n) is 27.8. The molecular weight excluding hydrogens is 822 g/mol. The predicted molar refractivity (Wildman–Crippen MR) is 271 cm³/mol. The monoisotopic (exact) mass is 931 g/mol. The van der Waals surface area contributed by atoms with Crippen molar-refractivity contribution >= 4 is 19.8 Å². The lowest BCUT2D eigenvalue weighted by Gasteiger charge is -2.24. The van der Waals surface area contributed by atoms with E-state index in [-0.39, 0.29) is 25.6 Å². The van der Waals surface area contributed by atoms with Gasteiger partial charge >= 0.3 is 19.8 Å². The van der Waals surface area contributed by atoms with E-state index in [9.17, 15) is 19.0 Å². The molecule has 0 aromatic rings. The van der Waals surface area contributed by atoms with E-state index in [0.717, 1.165) is 38.5 Å². The number of carbonyl (C=O) groups is 2. The van der Waals surface area contributed by atoms with Crippen LogP contribution in [0.2, 0.25) is 0 Å². The second kappa shape index (κ2) is 47.1. The van der Waals surface area contributed by atoms with Crippen LogP contribution >= 0.6 is 7.82 Å². The van der Waals surface area contributed by atoms with E-state index >= 15 is 0 Å². The van der Waals surface area contributed by atoms with Crippen molar-refractivity contribution in [1.29, 1.82) is 0 Å².